The molecule has 0 aliphatic carbocycles. The van der Waals surface area contributed by atoms with Gasteiger partial charge in [-0.1, -0.05) is 6.07 Å². The van der Waals surface area contributed by atoms with Gasteiger partial charge in [0.25, 0.3) is 5.56 Å². The van der Waals surface area contributed by atoms with Gasteiger partial charge in [0.05, 0.1) is 12.2 Å². The second-order valence-electron chi connectivity index (χ2n) is 6.74. The highest BCUT2D eigenvalue weighted by atomic mass is 19.1. The molecular weight excluding hydrogens is 421 g/mol. The highest BCUT2D eigenvalue weighted by molar-refractivity contribution is 5.76. The summed E-state index contributed by atoms with van der Waals surface area (Å²) in [6, 6.07) is 8.86. The number of halogens is 1. The number of nitrogens with zero attached hydrogens (tertiary/aromatic N) is 1. The minimum atomic E-state index is -1.17. The average molecular weight is 443 g/mol. The van der Waals surface area contributed by atoms with E-state index in [0.29, 0.717) is 29.0 Å². The number of aliphatic carboxylic acids is 1. The molecule has 11 heteroatoms. The van der Waals surface area contributed by atoms with Gasteiger partial charge in [-0.05, 0) is 49.2 Å². The normalized spacial score (nSPS) is 11.6. The Kier molecular flexibility index (Phi) is 6.59. The molecule has 0 aliphatic rings. The second kappa shape index (κ2) is 9.35. The summed E-state index contributed by atoms with van der Waals surface area (Å²) in [5, 5.41) is 9.02. The van der Waals surface area contributed by atoms with Gasteiger partial charge in [0.1, 0.15) is 28.8 Å². The molecule has 0 radical (unpaired) electrons. The van der Waals surface area contributed by atoms with E-state index in [9.17, 15) is 14.0 Å². The zero-order chi connectivity index (χ0) is 23.4. The van der Waals surface area contributed by atoms with Crippen molar-refractivity contribution in [2.45, 2.75) is 20.0 Å². The van der Waals surface area contributed by atoms with E-state index < -0.39 is 23.4 Å². The van der Waals surface area contributed by atoms with Crippen LogP contribution in [-0.4, -0.2) is 33.8 Å². The number of hydrogen-bond donors (Lipinski definition) is 5. The number of aromatic amines is 1. The largest absolute Gasteiger partial charge is 0.493 e. The van der Waals surface area contributed by atoms with E-state index in [2.05, 4.69) is 15.4 Å². The summed E-state index contributed by atoms with van der Waals surface area (Å²) in [5.74, 6) is 4.23. The van der Waals surface area contributed by atoms with Crippen LogP contribution in [0.1, 0.15) is 13.8 Å². The SMILES string of the molecule is CCOc1cc(-c2cc(F)cc(OC(C)C(=O)O)c2)ccc1-c1nc(NN)c(N)c(=O)[nH]1. The third-order valence-electron chi connectivity index (χ3n) is 4.49. The minimum absolute atomic E-state index is 0.00902. The van der Waals surface area contributed by atoms with Gasteiger partial charge in [0, 0.05) is 6.07 Å². The number of benzene rings is 2. The van der Waals surface area contributed by atoms with E-state index in [1.54, 1.807) is 25.1 Å². The molecule has 7 N–H and O–H groups in total. The van der Waals surface area contributed by atoms with E-state index in [-0.39, 0.29) is 23.1 Å². The number of aromatic nitrogens is 2. The van der Waals surface area contributed by atoms with Crippen LogP contribution in [0.3, 0.4) is 0 Å². The quantitative estimate of drug-likeness (QED) is 0.259. The minimum Gasteiger partial charge on any atom is -0.493 e. The number of H-pyrrole nitrogens is 1. The van der Waals surface area contributed by atoms with Gasteiger partial charge in [0.15, 0.2) is 11.9 Å². The molecule has 0 saturated heterocycles. The molecule has 0 spiro atoms. The van der Waals surface area contributed by atoms with Crippen molar-refractivity contribution in [3.63, 3.8) is 0 Å². The molecule has 1 atom stereocenters. The molecule has 0 bridgehead atoms. The summed E-state index contributed by atoms with van der Waals surface area (Å²) >= 11 is 0. The number of carboxylic acid groups (broad SMARTS) is 1. The Labute approximate surface area is 182 Å². The number of anilines is 2. The Hall–Kier alpha value is -4.12. The van der Waals surface area contributed by atoms with Crippen LogP contribution in [0, 0.1) is 5.82 Å². The maximum Gasteiger partial charge on any atom is 0.344 e. The van der Waals surface area contributed by atoms with E-state index in [0.717, 1.165) is 6.07 Å². The maximum atomic E-state index is 14.2. The lowest BCUT2D eigenvalue weighted by atomic mass is 10.0. The molecule has 3 rings (SSSR count). The van der Waals surface area contributed by atoms with E-state index in [1.807, 2.05) is 0 Å². The molecule has 0 amide bonds. The summed E-state index contributed by atoms with van der Waals surface area (Å²) in [6.07, 6.45) is -1.15. The van der Waals surface area contributed by atoms with Crippen LogP contribution in [0.5, 0.6) is 11.5 Å². The topological polar surface area (TPSA) is 166 Å². The lowest BCUT2D eigenvalue weighted by Gasteiger charge is -2.15. The molecule has 2 aromatic carbocycles. The van der Waals surface area contributed by atoms with Crippen molar-refractivity contribution in [1.29, 1.82) is 0 Å². The lowest BCUT2D eigenvalue weighted by molar-refractivity contribution is -0.144. The summed E-state index contributed by atoms with van der Waals surface area (Å²) in [7, 11) is 0. The Bertz CT molecular complexity index is 1210. The fourth-order valence-corrected chi connectivity index (χ4v) is 2.94. The van der Waals surface area contributed by atoms with Gasteiger partial charge in [-0.2, -0.15) is 0 Å². The Balaban J connectivity index is 2.07. The van der Waals surface area contributed by atoms with Gasteiger partial charge in [-0.25, -0.2) is 20.0 Å². The first-order chi connectivity index (χ1) is 15.2. The van der Waals surface area contributed by atoms with Crippen LogP contribution in [0.25, 0.3) is 22.5 Å². The molecule has 1 aromatic heterocycles. The monoisotopic (exact) mass is 443 g/mol. The molecular formula is C21H22FN5O5. The second-order valence-corrected chi connectivity index (χ2v) is 6.74. The summed E-state index contributed by atoms with van der Waals surface area (Å²) in [6.45, 7) is 3.44. The number of ether oxygens (including phenoxy) is 2. The molecule has 3 aromatic rings. The Morgan fingerprint density at radius 3 is 2.69 bits per heavy atom. The summed E-state index contributed by atoms with van der Waals surface area (Å²) in [4.78, 5) is 29.9. The first-order valence-corrected chi connectivity index (χ1v) is 9.57. The first-order valence-electron chi connectivity index (χ1n) is 9.57. The standard InChI is InChI=1S/C21H22FN5O5/c1-3-31-16-8-11(12-6-13(22)9-14(7-12)32-10(2)21(29)30)4-5-15(16)18-25-19(27-24)17(23)20(28)26-18/h4-10H,3,23-24H2,1-2H3,(H,29,30)(H2,25,26,27,28). The number of carbonyl (C=O) groups is 1. The van der Waals surface area contributed by atoms with Crippen molar-refractivity contribution in [2.75, 3.05) is 17.8 Å². The zero-order valence-electron chi connectivity index (χ0n) is 17.3. The lowest BCUT2D eigenvalue weighted by Crippen LogP contribution is -2.22. The number of carboxylic acids is 1. The van der Waals surface area contributed by atoms with Gasteiger partial charge in [-0.3, -0.25) is 4.79 Å². The van der Waals surface area contributed by atoms with Crippen molar-refractivity contribution in [3.05, 3.63) is 52.6 Å². The highest BCUT2D eigenvalue weighted by Crippen LogP contribution is 2.35. The summed E-state index contributed by atoms with van der Waals surface area (Å²) < 4.78 is 25.2. The van der Waals surface area contributed by atoms with Crippen molar-refractivity contribution in [3.8, 4) is 34.0 Å². The molecule has 10 nitrogen and oxygen atoms in total. The number of hydrogen-bond acceptors (Lipinski definition) is 8. The van der Waals surface area contributed by atoms with Gasteiger partial charge < -0.3 is 30.7 Å². The number of rotatable bonds is 8. The number of nitrogens with two attached hydrogens (primary N) is 2. The Morgan fingerprint density at radius 2 is 2.03 bits per heavy atom. The van der Waals surface area contributed by atoms with Crippen LogP contribution < -0.4 is 32.0 Å². The third-order valence-corrected chi connectivity index (χ3v) is 4.49. The molecule has 32 heavy (non-hydrogen) atoms. The van der Waals surface area contributed by atoms with Crippen LogP contribution >= 0.6 is 0 Å². The zero-order valence-corrected chi connectivity index (χ0v) is 17.3. The molecule has 1 heterocycles. The first kappa shape index (κ1) is 22.6. The van der Waals surface area contributed by atoms with Crippen molar-refractivity contribution in [2.24, 2.45) is 5.84 Å². The van der Waals surface area contributed by atoms with Crippen LogP contribution in [0.2, 0.25) is 0 Å². The van der Waals surface area contributed by atoms with E-state index in [4.69, 9.17) is 26.2 Å². The fourth-order valence-electron chi connectivity index (χ4n) is 2.94. The van der Waals surface area contributed by atoms with Crippen LogP contribution in [0.4, 0.5) is 15.9 Å². The fraction of sp³-hybridized carbons (Fsp3) is 0.190. The third kappa shape index (κ3) is 4.78. The van der Waals surface area contributed by atoms with Crippen molar-refractivity contribution in [1.82, 2.24) is 9.97 Å². The van der Waals surface area contributed by atoms with Crippen molar-refractivity contribution >= 4 is 17.5 Å². The molecule has 0 saturated carbocycles. The van der Waals surface area contributed by atoms with Gasteiger partial charge in [-0.15, -0.1) is 0 Å². The maximum absolute atomic E-state index is 14.2. The van der Waals surface area contributed by atoms with E-state index in [1.165, 1.54) is 19.1 Å². The number of hydrazine groups is 1. The predicted molar refractivity (Wildman–Crippen MR) is 117 cm³/mol. The Morgan fingerprint density at radius 1 is 1.28 bits per heavy atom. The van der Waals surface area contributed by atoms with Crippen molar-refractivity contribution < 1.29 is 23.8 Å². The summed E-state index contributed by atoms with van der Waals surface area (Å²) in [5.41, 5.74) is 8.66. The van der Waals surface area contributed by atoms with Gasteiger partial charge >= 0.3 is 5.97 Å². The number of nitrogens with one attached hydrogen (secondary N) is 2. The number of nitrogen functional groups attached to an aromatic ring is 2. The molecule has 0 aliphatic heterocycles. The van der Waals surface area contributed by atoms with Gasteiger partial charge in [0.2, 0.25) is 0 Å². The molecule has 168 valence electrons. The molecule has 0 fully saturated rings. The average Bonchev–Trinajstić information content (AvgIpc) is 2.75. The predicted octanol–water partition coefficient (Wildman–Crippen LogP) is 2.36. The highest BCUT2D eigenvalue weighted by Gasteiger charge is 2.17. The van der Waals surface area contributed by atoms with Crippen LogP contribution in [-0.2, 0) is 4.79 Å². The van der Waals surface area contributed by atoms with Crippen LogP contribution in [0.15, 0.2) is 41.2 Å². The van der Waals surface area contributed by atoms with E-state index >= 15 is 0 Å². The molecule has 1 unspecified atom stereocenters. The smallest absolute Gasteiger partial charge is 0.344 e.